The Labute approximate surface area is 83.0 Å². The molecule has 0 saturated carbocycles. The van der Waals surface area contributed by atoms with E-state index in [2.05, 4.69) is 9.44 Å². The Bertz CT molecular complexity index is 428. The highest BCUT2D eigenvalue weighted by atomic mass is 32.2. The van der Waals surface area contributed by atoms with Crippen LogP contribution in [0.2, 0.25) is 0 Å². The second-order valence-corrected chi connectivity index (χ2v) is 4.45. The van der Waals surface area contributed by atoms with Crippen molar-refractivity contribution in [2.75, 3.05) is 11.8 Å². The smallest absolute Gasteiger partial charge is 0.298 e. The number of nitrogens with one attached hydrogen (secondary N) is 2. The third-order valence-electron chi connectivity index (χ3n) is 1.67. The summed E-state index contributed by atoms with van der Waals surface area (Å²) in [7, 11) is -2.28. The van der Waals surface area contributed by atoms with Crippen molar-refractivity contribution in [1.29, 1.82) is 0 Å². The van der Waals surface area contributed by atoms with Crippen LogP contribution < -0.4 is 9.44 Å². The highest BCUT2D eigenvalue weighted by Gasteiger charge is 2.09. The molecule has 0 aliphatic rings. The lowest BCUT2D eigenvalue weighted by atomic mass is 10.2. The second-order valence-electron chi connectivity index (χ2n) is 2.83. The van der Waals surface area contributed by atoms with Crippen LogP contribution in [0.1, 0.15) is 5.56 Å². The fraction of sp³-hybridized carbons (Fsp3) is 0.250. The van der Waals surface area contributed by atoms with Crippen LogP contribution in [0.4, 0.5) is 5.69 Å². The Morgan fingerprint density at radius 3 is 2.50 bits per heavy atom. The van der Waals surface area contributed by atoms with Crippen molar-refractivity contribution in [3.8, 4) is 5.75 Å². The van der Waals surface area contributed by atoms with Gasteiger partial charge in [0.15, 0.2) is 0 Å². The van der Waals surface area contributed by atoms with Gasteiger partial charge in [-0.15, -0.1) is 0 Å². The summed E-state index contributed by atoms with van der Waals surface area (Å²) >= 11 is 0. The highest BCUT2D eigenvalue weighted by molar-refractivity contribution is 7.90. The van der Waals surface area contributed by atoms with Gasteiger partial charge >= 0.3 is 0 Å². The quantitative estimate of drug-likeness (QED) is 0.646. The lowest BCUT2D eigenvalue weighted by molar-refractivity contribution is 0.477. The number of hydrogen-bond acceptors (Lipinski definition) is 3. The predicted octanol–water partition coefficient (Wildman–Crippen LogP) is 0.577. The van der Waals surface area contributed by atoms with Crippen molar-refractivity contribution >= 4 is 15.9 Å². The zero-order valence-corrected chi connectivity index (χ0v) is 8.72. The molecule has 0 saturated heterocycles. The van der Waals surface area contributed by atoms with Gasteiger partial charge in [-0.25, -0.2) is 4.72 Å². The summed E-state index contributed by atoms with van der Waals surface area (Å²) in [6, 6.07) is 4.68. The molecule has 0 aliphatic carbocycles. The minimum atomic E-state index is -3.57. The maximum absolute atomic E-state index is 11.1. The van der Waals surface area contributed by atoms with Gasteiger partial charge < -0.3 is 5.11 Å². The number of rotatable bonds is 3. The summed E-state index contributed by atoms with van der Waals surface area (Å²) in [6.45, 7) is 1.80. The standard InChI is InChI=1S/C8H12N2O3S/c1-6-3-4-7(8(11)5-6)10-14(12,13)9-2/h3-5,9-11H,1-2H3. The molecule has 1 rings (SSSR count). The van der Waals surface area contributed by atoms with Crippen molar-refractivity contribution in [2.45, 2.75) is 6.92 Å². The van der Waals surface area contributed by atoms with E-state index in [1.54, 1.807) is 13.0 Å². The van der Waals surface area contributed by atoms with Crippen molar-refractivity contribution in [3.63, 3.8) is 0 Å². The maximum Gasteiger partial charge on any atom is 0.298 e. The highest BCUT2D eigenvalue weighted by Crippen LogP contribution is 2.24. The number of hydrogen-bond donors (Lipinski definition) is 3. The van der Waals surface area contributed by atoms with Crippen LogP contribution >= 0.6 is 0 Å². The SMILES string of the molecule is CNS(=O)(=O)Nc1ccc(C)cc1O. The Morgan fingerprint density at radius 2 is 2.00 bits per heavy atom. The summed E-state index contributed by atoms with van der Waals surface area (Å²) in [5.74, 6) is -0.0937. The topological polar surface area (TPSA) is 78.4 Å². The second kappa shape index (κ2) is 3.85. The normalized spacial score (nSPS) is 11.3. The van der Waals surface area contributed by atoms with Crippen LogP contribution in [-0.2, 0) is 10.2 Å². The minimum absolute atomic E-state index is 0.0937. The molecule has 1 aromatic carbocycles. The Morgan fingerprint density at radius 1 is 1.36 bits per heavy atom. The minimum Gasteiger partial charge on any atom is -0.506 e. The zero-order valence-electron chi connectivity index (χ0n) is 7.90. The molecule has 0 bridgehead atoms. The largest absolute Gasteiger partial charge is 0.506 e. The first-order valence-electron chi connectivity index (χ1n) is 3.95. The summed E-state index contributed by atoms with van der Waals surface area (Å²) < 4.78 is 26.4. The lowest BCUT2D eigenvalue weighted by Gasteiger charge is -2.08. The van der Waals surface area contributed by atoms with E-state index in [0.717, 1.165) is 5.56 Å². The molecule has 0 aliphatic heterocycles. The summed E-state index contributed by atoms with van der Waals surface area (Å²) in [5.41, 5.74) is 1.01. The number of benzene rings is 1. The molecule has 0 fully saturated rings. The number of aromatic hydroxyl groups is 1. The van der Waals surface area contributed by atoms with E-state index < -0.39 is 10.2 Å². The Balaban J connectivity index is 2.99. The Kier molecular flexibility index (Phi) is 2.97. The van der Waals surface area contributed by atoms with Crippen LogP contribution in [0.25, 0.3) is 0 Å². The molecule has 0 radical (unpaired) electrons. The van der Waals surface area contributed by atoms with Gasteiger partial charge in [0.25, 0.3) is 10.2 Å². The molecular weight excluding hydrogens is 204 g/mol. The van der Waals surface area contributed by atoms with E-state index in [1.807, 2.05) is 0 Å². The van der Waals surface area contributed by atoms with Crippen molar-refractivity contribution in [3.05, 3.63) is 23.8 Å². The number of aryl methyl sites for hydroxylation is 1. The molecule has 6 heteroatoms. The Hall–Kier alpha value is -1.27. The van der Waals surface area contributed by atoms with E-state index in [1.165, 1.54) is 19.2 Å². The van der Waals surface area contributed by atoms with E-state index in [9.17, 15) is 13.5 Å². The van der Waals surface area contributed by atoms with Crippen LogP contribution in [0.3, 0.4) is 0 Å². The third-order valence-corrected chi connectivity index (χ3v) is 2.69. The zero-order chi connectivity index (χ0) is 10.8. The first-order chi connectivity index (χ1) is 6.44. The van der Waals surface area contributed by atoms with Gasteiger partial charge in [0, 0.05) is 7.05 Å². The van der Waals surface area contributed by atoms with Gasteiger partial charge in [-0.2, -0.15) is 8.42 Å². The number of anilines is 1. The van der Waals surface area contributed by atoms with Gasteiger partial charge in [0.2, 0.25) is 0 Å². The molecule has 5 nitrogen and oxygen atoms in total. The molecule has 0 aromatic heterocycles. The van der Waals surface area contributed by atoms with Crippen LogP contribution in [0.5, 0.6) is 5.75 Å². The molecule has 0 heterocycles. The fourth-order valence-electron chi connectivity index (χ4n) is 0.924. The van der Waals surface area contributed by atoms with Gasteiger partial charge in [0.05, 0.1) is 5.69 Å². The predicted molar refractivity (Wildman–Crippen MR) is 54.4 cm³/mol. The first kappa shape index (κ1) is 10.8. The molecule has 0 spiro atoms. The van der Waals surface area contributed by atoms with Gasteiger partial charge in [-0.3, -0.25) is 4.72 Å². The first-order valence-corrected chi connectivity index (χ1v) is 5.44. The molecule has 14 heavy (non-hydrogen) atoms. The van der Waals surface area contributed by atoms with Crippen LogP contribution in [0, 0.1) is 6.92 Å². The van der Waals surface area contributed by atoms with E-state index >= 15 is 0 Å². The van der Waals surface area contributed by atoms with Crippen LogP contribution in [-0.4, -0.2) is 20.6 Å². The number of phenols is 1. The van der Waals surface area contributed by atoms with Gasteiger partial charge in [-0.1, -0.05) is 6.07 Å². The number of phenolic OH excluding ortho intramolecular Hbond substituents is 1. The third kappa shape index (κ3) is 2.61. The van der Waals surface area contributed by atoms with Crippen molar-refractivity contribution in [1.82, 2.24) is 4.72 Å². The molecule has 78 valence electrons. The molecule has 0 unspecified atom stereocenters. The molecule has 0 amide bonds. The summed E-state index contributed by atoms with van der Waals surface area (Å²) in [6.07, 6.45) is 0. The lowest BCUT2D eigenvalue weighted by Crippen LogP contribution is -2.26. The van der Waals surface area contributed by atoms with Gasteiger partial charge in [0.1, 0.15) is 5.75 Å². The average molecular weight is 216 g/mol. The van der Waals surface area contributed by atoms with E-state index in [4.69, 9.17) is 0 Å². The summed E-state index contributed by atoms with van der Waals surface area (Å²) in [4.78, 5) is 0. The molecular formula is C8H12N2O3S. The van der Waals surface area contributed by atoms with Gasteiger partial charge in [-0.05, 0) is 24.6 Å². The maximum atomic E-state index is 11.1. The van der Waals surface area contributed by atoms with Crippen molar-refractivity contribution < 1.29 is 13.5 Å². The van der Waals surface area contributed by atoms with Crippen molar-refractivity contribution in [2.24, 2.45) is 0 Å². The average Bonchev–Trinajstić information content (AvgIpc) is 2.10. The summed E-state index contributed by atoms with van der Waals surface area (Å²) in [5, 5.41) is 9.40. The molecule has 1 aromatic rings. The van der Waals surface area contributed by atoms with Crippen LogP contribution in [0.15, 0.2) is 18.2 Å². The molecule has 3 N–H and O–H groups in total. The van der Waals surface area contributed by atoms with E-state index in [0.29, 0.717) is 0 Å². The monoisotopic (exact) mass is 216 g/mol. The van der Waals surface area contributed by atoms with E-state index in [-0.39, 0.29) is 11.4 Å². The molecule has 0 atom stereocenters. The fourth-order valence-corrected chi connectivity index (χ4v) is 1.49.